The van der Waals surface area contributed by atoms with Gasteiger partial charge < -0.3 is 14.2 Å². The number of hydrogen-bond donors (Lipinski definition) is 0. The molecule has 1 unspecified atom stereocenters. The summed E-state index contributed by atoms with van der Waals surface area (Å²) in [6, 6.07) is 0. The Kier molecular flexibility index (Phi) is 50.8. The topological polar surface area (TPSA) is 78.9 Å². The van der Waals surface area contributed by atoms with Crippen LogP contribution in [0.5, 0.6) is 0 Å². The zero-order valence-corrected chi connectivity index (χ0v) is 42.6. The van der Waals surface area contributed by atoms with E-state index in [1.54, 1.807) is 0 Å². The number of unbranched alkanes of at least 4 members (excludes halogenated alkanes) is 32. The van der Waals surface area contributed by atoms with Crippen LogP contribution in [0.2, 0.25) is 0 Å². The van der Waals surface area contributed by atoms with Gasteiger partial charge in [-0.15, -0.1) is 0 Å². The highest BCUT2D eigenvalue weighted by Gasteiger charge is 2.19. The van der Waals surface area contributed by atoms with Crippen LogP contribution in [-0.2, 0) is 28.6 Å². The van der Waals surface area contributed by atoms with Crippen LogP contribution in [0.1, 0.15) is 284 Å². The number of carbonyl (C=O) groups is 3. The fraction of sp³-hybridized carbons (Fsp3) is 0.810. The molecule has 0 amide bonds. The predicted octanol–water partition coefficient (Wildman–Crippen LogP) is 18.3. The highest BCUT2D eigenvalue weighted by molar-refractivity contribution is 5.71. The summed E-state index contributed by atoms with van der Waals surface area (Å²) in [5, 5.41) is 0. The maximum Gasteiger partial charge on any atom is 0.306 e. The average molecular weight is 897 g/mol. The standard InChI is InChI=1S/C58H104O6/c1-4-7-10-13-16-19-22-25-28-31-33-36-39-42-45-48-51-57(60)63-54-55(64-58(61)52-49-46-43-40-37-34-30-27-24-21-18-15-12-9-6-3)53-62-56(59)50-47-44-41-38-35-32-29-26-23-20-17-14-11-8-5-2/h18,20-21,23-24,27-28,31,55H,4-17,19,22,25-26,29-30,32-54H2,1-3H3/b21-18-,23-20-,27-24-,31-28-. The highest BCUT2D eigenvalue weighted by atomic mass is 16.6. The quantitative estimate of drug-likeness (QED) is 0.0199. The SMILES string of the molecule is CCCCC/C=C\C=C/CCCCCCCCC(=O)OC(COC(=O)CCCCCCC/C=C\CCCCCCCCC)COC(=O)CCCCCCCCC/C=C\CCCCCC. The van der Waals surface area contributed by atoms with Crippen molar-refractivity contribution < 1.29 is 28.6 Å². The monoisotopic (exact) mass is 897 g/mol. The van der Waals surface area contributed by atoms with Crippen LogP contribution >= 0.6 is 0 Å². The van der Waals surface area contributed by atoms with Crippen LogP contribution in [0, 0.1) is 0 Å². The van der Waals surface area contributed by atoms with E-state index in [9.17, 15) is 14.4 Å². The minimum Gasteiger partial charge on any atom is -0.462 e. The summed E-state index contributed by atoms with van der Waals surface area (Å²) in [6.07, 6.45) is 63.7. The predicted molar refractivity (Wildman–Crippen MR) is 275 cm³/mol. The molecule has 0 rings (SSSR count). The van der Waals surface area contributed by atoms with Crippen molar-refractivity contribution in [3.05, 3.63) is 48.6 Å². The van der Waals surface area contributed by atoms with Crippen molar-refractivity contribution in [2.24, 2.45) is 0 Å². The van der Waals surface area contributed by atoms with E-state index < -0.39 is 6.10 Å². The van der Waals surface area contributed by atoms with E-state index in [1.165, 1.54) is 167 Å². The van der Waals surface area contributed by atoms with Crippen molar-refractivity contribution in [1.29, 1.82) is 0 Å². The first kappa shape index (κ1) is 61.4. The number of hydrogen-bond acceptors (Lipinski definition) is 6. The van der Waals surface area contributed by atoms with Crippen molar-refractivity contribution >= 4 is 17.9 Å². The van der Waals surface area contributed by atoms with Crippen LogP contribution < -0.4 is 0 Å². The molecule has 0 bridgehead atoms. The average Bonchev–Trinajstić information content (AvgIpc) is 3.29. The lowest BCUT2D eigenvalue weighted by Crippen LogP contribution is -2.30. The summed E-state index contributed by atoms with van der Waals surface area (Å²) in [7, 11) is 0. The lowest BCUT2D eigenvalue weighted by molar-refractivity contribution is -0.167. The molecule has 0 aromatic rings. The molecule has 1 atom stereocenters. The van der Waals surface area contributed by atoms with Crippen molar-refractivity contribution in [1.82, 2.24) is 0 Å². The zero-order valence-electron chi connectivity index (χ0n) is 42.6. The molecule has 0 spiro atoms. The lowest BCUT2D eigenvalue weighted by Gasteiger charge is -2.18. The molecule has 0 N–H and O–H groups in total. The molecule has 0 aliphatic carbocycles. The second-order valence-corrected chi connectivity index (χ2v) is 18.5. The van der Waals surface area contributed by atoms with Crippen molar-refractivity contribution in [2.45, 2.75) is 290 Å². The second-order valence-electron chi connectivity index (χ2n) is 18.5. The zero-order chi connectivity index (χ0) is 46.5. The number of allylic oxidation sites excluding steroid dienone is 8. The number of rotatable bonds is 50. The van der Waals surface area contributed by atoms with Crippen molar-refractivity contribution in [3.63, 3.8) is 0 Å². The Morgan fingerprint density at radius 2 is 0.562 bits per heavy atom. The van der Waals surface area contributed by atoms with Gasteiger partial charge in [-0.25, -0.2) is 0 Å². The van der Waals surface area contributed by atoms with E-state index in [2.05, 4.69) is 69.4 Å². The Balaban J connectivity index is 4.40. The number of ether oxygens (including phenoxy) is 3. The first-order chi connectivity index (χ1) is 31.5. The van der Waals surface area contributed by atoms with Gasteiger partial charge in [0.2, 0.25) is 0 Å². The Bertz CT molecular complexity index is 1120. The molecule has 64 heavy (non-hydrogen) atoms. The third-order valence-corrected chi connectivity index (χ3v) is 12.1. The fourth-order valence-electron chi connectivity index (χ4n) is 7.83. The maximum atomic E-state index is 12.8. The van der Waals surface area contributed by atoms with Crippen LogP contribution in [-0.4, -0.2) is 37.2 Å². The van der Waals surface area contributed by atoms with Gasteiger partial charge in [-0.2, -0.15) is 0 Å². The minimum atomic E-state index is -0.783. The Morgan fingerprint density at radius 1 is 0.312 bits per heavy atom. The molecule has 0 aliphatic heterocycles. The summed E-state index contributed by atoms with van der Waals surface area (Å²) in [5.74, 6) is -0.896. The summed E-state index contributed by atoms with van der Waals surface area (Å²) in [5.41, 5.74) is 0. The third-order valence-electron chi connectivity index (χ3n) is 12.1. The van der Waals surface area contributed by atoms with Crippen LogP contribution in [0.15, 0.2) is 48.6 Å². The van der Waals surface area contributed by atoms with Gasteiger partial charge in [-0.05, 0) is 96.3 Å². The maximum absolute atomic E-state index is 12.8. The summed E-state index contributed by atoms with van der Waals surface area (Å²) < 4.78 is 16.8. The highest BCUT2D eigenvalue weighted by Crippen LogP contribution is 2.15. The number of esters is 3. The normalized spacial score (nSPS) is 12.4. The van der Waals surface area contributed by atoms with E-state index in [0.29, 0.717) is 19.3 Å². The number of carbonyl (C=O) groups excluding carboxylic acids is 3. The van der Waals surface area contributed by atoms with Crippen LogP contribution in [0.4, 0.5) is 0 Å². The van der Waals surface area contributed by atoms with Gasteiger partial charge >= 0.3 is 17.9 Å². The fourth-order valence-corrected chi connectivity index (χ4v) is 7.83. The molecule has 6 nitrogen and oxygen atoms in total. The molecule has 0 fully saturated rings. The van der Waals surface area contributed by atoms with Gasteiger partial charge in [0.1, 0.15) is 13.2 Å². The largest absolute Gasteiger partial charge is 0.462 e. The van der Waals surface area contributed by atoms with E-state index in [0.717, 1.165) is 77.0 Å². The van der Waals surface area contributed by atoms with E-state index >= 15 is 0 Å². The molecule has 0 saturated carbocycles. The van der Waals surface area contributed by atoms with Crippen molar-refractivity contribution in [2.75, 3.05) is 13.2 Å². The molecule has 0 aromatic heterocycles. The molecule has 0 aliphatic rings. The van der Waals surface area contributed by atoms with Gasteiger partial charge in [0.05, 0.1) is 0 Å². The molecular weight excluding hydrogens is 793 g/mol. The van der Waals surface area contributed by atoms with E-state index in [1.807, 2.05) is 0 Å². The lowest BCUT2D eigenvalue weighted by atomic mass is 10.1. The molecule has 0 heterocycles. The molecule has 0 radical (unpaired) electrons. The van der Waals surface area contributed by atoms with Gasteiger partial charge in [0, 0.05) is 19.3 Å². The first-order valence-corrected chi connectivity index (χ1v) is 27.7. The molecule has 372 valence electrons. The Morgan fingerprint density at radius 3 is 0.922 bits per heavy atom. The molecular formula is C58H104O6. The van der Waals surface area contributed by atoms with Crippen molar-refractivity contribution in [3.8, 4) is 0 Å². The van der Waals surface area contributed by atoms with Gasteiger partial charge in [-0.1, -0.05) is 217 Å². The Labute approximate surface area is 397 Å². The molecule has 0 saturated heterocycles. The molecule has 0 aromatic carbocycles. The summed E-state index contributed by atoms with van der Waals surface area (Å²) >= 11 is 0. The summed E-state index contributed by atoms with van der Waals surface area (Å²) in [6.45, 7) is 6.60. The van der Waals surface area contributed by atoms with Gasteiger partial charge in [0.15, 0.2) is 6.10 Å². The van der Waals surface area contributed by atoms with Gasteiger partial charge in [0.25, 0.3) is 0 Å². The first-order valence-electron chi connectivity index (χ1n) is 27.7. The summed E-state index contributed by atoms with van der Waals surface area (Å²) in [4.78, 5) is 38.1. The smallest absolute Gasteiger partial charge is 0.306 e. The Hall–Kier alpha value is -2.63. The molecule has 6 heteroatoms. The third kappa shape index (κ3) is 50.4. The van der Waals surface area contributed by atoms with Gasteiger partial charge in [-0.3, -0.25) is 14.4 Å². The minimum absolute atomic E-state index is 0.0817. The van der Waals surface area contributed by atoms with Crippen LogP contribution in [0.3, 0.4) is 0 Å². The second kappa shape index (κ2) is 53.0. The van der Waals surface area contributed by atoms with E-state index in [-0.39, 0.29) is 31.1 Å². The van der Waals surface area contributed by atoms with Crippen LogP contribution in [0.25, 0.3) is 0 Å². The van der Waals surface area contributed by atoms with E-state index in [4.69, 9.17) is 14.2 Å².